The number of Topliss-reactive ketones (excluding diaryl/α,β-unsaturated/α-hetero) is 1. The summed E-state index contributed by atoms with van der Waals surface area (Å²) in [6.45, 7) is 0. The fraction of sp³-hybridized carbons (Fsp3) is 0.211. The van der Waals surface area contributed by atoms with Crippen molar-refractivity contribution in [3.8, 4) is 0 Å². The number of carbonyl (C=O) groups is 1. The lowest BCUT2D eigenvalue weighted by Crippen LogP contribution is -3.00. The molecule has 4 nitrogen and oxygen atoms in total. The second kappa shape index (κ2) is 7.20. The van der Waals surface area contributed by atoms with Gasteiger partial charge in [-0.25, -0.2) is 0 Å². The highest BCUT2D eigenvalue weighted by Crippen LogP contribution is 2.34. The Kier molecular flexibility index (Phi) is 5.62. The smallest absolute Gasteiger partial charge is 0.183 e. The van der Waals surface area contributed by atoms with Crippen LogP contribution < -0.4 is 27.9 Å². The lowest BCUT2D eigenvalue weighted by atomic mass is 9.84. The van der Waals surface area contributed by atoms with Gasteiger partial charge in [-0.05, 0) is 51.9 Å². The summed E-state index contributed by atoms with van der Waals surface area (Å²) < 4.78 is 1.31. The molecule has 132 valence electrons. The van der Waals surface area contributed by atoms with Crippen molar-refractivity contribution in [2.45, 2.75) is 0 Å². The Bertz CT molecular complexity index is 831. The number of nitrogens with zero attached hydrogens (tertiary/aromatic N) is 1. The summed E-state index contributed by atoms with van der Waals surface area (Å²) >= 11 is 3.28. The predicted molar refractivity (Wildman–Crippen MR) is 104 cm³/mol. The fourth-order valence-electron chi connectivity index (χ4n) is 2.84. The van der Waals surface area contributed by atoms with Crippen LogP contribution in [0.25, 0.3) is 0 Å². The monoisotopic (exact) mass is 421 g/mol. The number of benzene rings is 1. The van der Waals surface area contributed by atoms with Gasteiger partial charge in [-0.2, -0.15) is 0 Å². The molecule has 0 spiro atoms. The Labute approximate surface area is 162 Å². The summed E-state index contributed by atoms with van der Waals surface area (Å²) in [5, 5.41) is 3.39. The van der Waals surface area contributed by atoms with Crippen molar-refractivity contribution < 1.29 is 17.2 Å². The van der Waals surface area contributed by atoms with Crippen LogP contribution in [0.15, 0.2) is 70.0 Å². The van der Waals surface area contributed by atoms with E-state index in [1.807, 2.05) is 30.4 Å². The van der Waals surface area contributed by atoms with Gasteiger partial charge >= 0.3 is 0 Å². The van der Waals surface area contributed by atoms with Crippen LogP contribution in [0.3, 0.4) is 0 Å². The fourth-order valence-corrected chi connectivity index (χ4v) is 3.20. The summed E-state index contributed by atoms with van der Waals surface area (Å²) in [7, 11) is 6.39. The van der Waals surface area contributed by atoms with Gasteiger partial charge in [0.05, 0.1) is 31.5 Å². The van der Waals surface area contributed by atoms with Crippen molar-refractivity contribution in [2.75, 3.05) is 26.5 Å². The zero-order valence-corrected chi connectivity index (χ0v) is 16.7. The van der Waals surface area contributed by atoms with Gasteiger partial charge in [-0.3, -0.25) is 9.28 Å². The maximum atomic E-state index is 12.3. The number of fused-ring (bicyclic) bond motifs is 1. The molecule has 0 heterocycles. The molecule has 2 aliphatic rings. The van der Waals surface area contributed by atoms with E-state index in [2.05, 4.69) is 54.5 Å². The number of quaternary nitrogens is 1. The number of carbonyl (C=O) groups excluding carboxylic acids is 1. The Morgan fingerprint density at radius 3 is 2.56 bits per heavy atom. The number of allylic oxidation sites excluding steroid dienone is 6. The first-order valence-corrected chi connectivity index (χ1v) is 8.54. The van der Waals surface area contributed by atoms with E-state index >= 15 is 0 Å². The third-order valence-electron chi connectivity index (χ3n) is 4.14. The van der Waals surface area contributed by atoms with Crippen molar-refractivity contribution in [1.82, 2.24) is 4.48 Å². The van der Waals surface area contributed by atoms with Crippen LogP contribution in [0.2, 0.25) is 0 Å². The van der Waals surface area contributed by atoms with E-state index in [1.54, 1.807) is 6.08 Å². The third kappa shape index (κ3) is 4.06. The average Bonchev–Trinajstić information content (AvgIpc) is 2.50. The number of anilines is 1. The highest BCUT2D eigenvalue weighted by Gasteiger charge is 2.31. The molecule has 0 amide bonds. The number of nitrogens with one attached hydrogen (secondary N) is 1. The number of hydrogen-bond donors (Lipinski definition) is 2. The number of rotatable bonds is 3. The van der Waals surface area contributed by atoms with Gasteiger partial charge in [0.2, 0.25) is 0 Å². The van der Waals surface area contributed by atoms with E-state index in [0.29, 0.717) is 10.2 Å². The molecule has 1 aromatic carbocycles. The molecule has 0 saturated carbocycles. The Hall–Kier alpha value is -1.82. The largest absolute Gasteiger partial charge is 1.00 e. The lowest BCUT2D eigenvalue weighted by Gasteiger charge is -2.26. The molecule has 0 saturated heterocycles. The summed E-state index contributed by atoms with van der Waals surface area (Å²) in [5.41, 5.74) is 10.7. The molecular weight excluding hydrogens is 402 g/mol. The summed E-state index contributed by atoms with van der Waals surface area (Å²) in [5.74, 6) is -0.379. The Balaban J connectivity index is 0.00000225. The van der Waals surface area contributed by atoms with Crippen LogP contribution in [-0.2, 0) is 4.79 Å². The van der Waals surface area contributed by atoms with E-state index in [4.69, 9.17) is 5.73 Å². The molecule has 0 bridgehead atoms. The van der Waals surface area contributed by atoms with Crippen molar-refractivity contribution in [2.24, 2.45) is 11.7 Å². The average molecular weight is 423 g/mol. The van der Waals surface area contributed by atoms with Crippen LogP contribution in [0, 0.1) is 5.92 Å². The first-order chi connectivity index (χ1) is 11.3. The third-order valence-corrected chi connectivity index (χ3v) is 4.80. The van der Waals surface area contributed by atoms with Crippen LogP contribution in [0.5, 0.6) is 0 Å². The van der Waals surface area contributed by atoms with Crippen molar-refractivity contribution >= 4 is 33.1 Å². The molecule has 3 rings (SSSR count). The minimum atomic E-state index is -0.382. The van der Waals surface area contributed by atoms with Gasteiger partial charge in [0.25, 0.3) is 0 Å². The van der Waals surface area contributed by atoms with E-state index in [0.717, 1.165) is 21.4 Å². The minimum Gasteiger partial charge on any atom is -1.00 e. The molecule has 1 aromatic rings. The molecule has 25 heavy (non-hydrogen) atoms. The van der Waals surface area contributed by atoms with E-state index in [1.165, 1.54) is 5.69 Å². The van der Waals surface area contributed by atoms with Gasteiger partial charge in [-0.1, -0.05) is 12.1 Å². The minimum absolute atomic E-state index is 0. The van der Waals surface area contributed by atoms with Crippen LogP contribution >= 0.6 is 15.9 Å². The molecule has 1 atom stereocenters. The molecule has 0 radical (unpaired) electrons. The number of ketones is 1. The molecule has 3 N–H and O–H groups in total. The molecule has 2 aliphatic carbocycles. The van der Waals surface area contributed by atoms with Crippen LogP contribution in [0.4, 0.5) is 11.4 Å². The molecule has 0 fully saturated rings. The van der Waals surface area contributed by atoms with E-state index < -0.39 is 0 Å². The quantitative estimate of drug-likeness (QED) is 0.695. The van der Waals surface area contributed by atoms with E-state index in [9.17, 15) is 4.79 Å². The second-order valence-corrected chi connectivity index (χ2v) is 7.76. The lowest BCUT2D eigenvalue weighted by molar-refractivity contribution is -0.116. The Morgan fingerprint density at radius 1 is 1.16 bits per heavy atom. The Morgan fingerprint density at radius 2 is 1.88 bits per heavy atom. The van der Waals surface area contributed by atoms with Crippen molar-refractivity contribution in [1.29, 1.82) is 0 Å². The van der Waals surface area contributed by atoms with Gasteiger partial charge < -0.3 is 23.5 Å². The van der Waals surface area contributed by atoms with Gasteiger partial charge in [0.1, 0.15) is 5.69 Å². The molecule has 0 aliphatic heterocycles. The molecule has 6 heteroatoms. The van der Waals surface area contributed by atoms with Crippen molar-refractivity contribution in [3.05, 3.63) is 70.0 Å². The topological polar surface area (TPSA) is 55.1 Å². The molecule has 1 unspecified atom stereocenters. The van der Waals surface area contributed by atoms with Gasteiger partial charge in [0.15, 0.2) is 5.78 Å². The normalized spacial score (nSPS) is 19.7. The highest BCUT2D eigenvalue weighted by molar-refractivity contribution is 9.12. The predicted octanol–water partition coefficient (Wildman–Crippen LogP) is 0.443. The van der Waals surface area contributed by atoms with Crippen LogP contribution in [0.1, 0.15) is 0 Å². The zero-order chi connectivity index (χ0) is 17.5. The van der Waals surface area contributed by atoms with Gasteiger partial charge in [0, 0.05) is 23.1 Å². The molecule has 0 aromatic heterocycles. The maximum Gasteiger partial charge on any atom is 0.183 e. The second-order valence-electron chi connectivity index (χ2n) is 6.91. The summed E-state index contributed by atoms with van der Waals surface area (Å²) in [6, 6.07) is 8.27. The SMILES string of the molecule is C[N+](C)(C)c1cccc(NC2=CC3=CC=C(Br)C(=O)C3C(N)=C2)c1.[Cl-]. The number of nitrogens with two attached hydrogens (primary N) is 1. The standard InChI is InChI=1S/C19H20BrN3O.ClH/c1-23(2,3)15-6-4-5-13(10-15)22-14-9-12-7-8-16(20)19(24)18(12)17(21)11-14;/h4-11,18H,1-3H3,(H2-,21,22,24);1H. The molecular formula is C19H21BrClN3O. The summed E-state index contributed by atoms with van der Waals surface area (Å²) in [4.78, 5) is 12.3. The highest BCUT2D eigenvalue weighted by atomic mass is 79.9. The number of halogens is 2. The number of hydrogen-bond acceptors (Lipinski definition) is 3. The van der Waals surface area contributed by atoms with E-state index in [-0.39, 0.29) is 24.1 Å². The van der Waals surface area contributed by atoms with Crippen LogP contribution in [-0.4, -0.2) is 26.9 Å². The first kappa shape index (κ1) is 19.5. The zero-order valence-electron chi connectivity index (χ0n) is 14.4. The van der Waals surface area contributed by atoms with Gasteiger partial charge in [-0.15, -0.1) is 0 Å². The van der Waals surface area contributed by atoms with Crippen molar-refractivity contribution in [3.63, 3.8) is 0 Å². The summed E-state index contributed by atoms with van der Waals surface area (Å²) in [6.07, 6.45) is 7.52. The maximum absolute atomic E-state index is 12.3. The first-order valence-electron chi connectivity index (χ1n) is 7.75.